The summed E-state index contributed by atoms with van der Waals surface area (Å²) >= 11 is 18.1. The molecule has 98 valence electrons. The number of halogens is 3. The highest BCUT2D eigenvalue weighted by atomic mass is 35.5. The second-order valence-corrected chi connectivity index (χ2v) is 5.50. The van der Waals surface area contributed by atoms with Crippen LogP contribution in [0.2, 0.25) is 15.1 Å². The van der Waals surface area contributed by atoms with Crippen LogP contribution in [0.15, 0.2) is 42.5 Å². The molecule has 1 saturated heterocycles. The van der Waals surface area contributed by atoms with Crippen molar-refractivity contribution in [2.75, 3.05) is 5.32 Å². The van der Waals surface area contributed by atoms with E-state index in [1.807, 2.05) is 36.4 Å². The van der Waals surface area contributed by atoms with E-state index in [-0.39, 0.29) is 12.3 Å². The average Bonchev–Trinajstić information content (AvgIpc) is 3.12. The van der Waals surface area contributed by atoms with Crippen molar-refractivity contribution < 1.29 is 4.74 Å². The van der Waals surface area contributed by atoms with Crippen molar-refractivity contribution in [1.82, 2.24) is 0 Å². The molecule has 0 amide bonds. The Morgan fingerprint density at radius 1 is 1.00 bits per heavy atom. The minimum atomic E-state index is -0.102. The molecule has 1 aliphatic rings. The van der Waals surface area contributed by atoms with Gasteiger partial charge in [-0.25, -0.2) is 0 Å². The highest BCUT2D eigenvalue weighted by Gasteiger charge is 2.41. The largest absolute Gasteiger partial charge is 0.358 e. The summed E-state index contributed by atoms with van der Waals surface area (Å²) in [7, 11) is 0. The van der Waals surface area contributed by atoms with E-state index >= 15 is 0 Å². The van der Waals surface area contributed by atoms with Crippen LogP contribution < -0.4 is 5.32 Å². The van der Waals surface area contributed by atoms with Crippen LogP contribution in [-0.4, -0.2) is 6.23 Å². The molecule has 2 aromatic carbocycles. The molecule has 0 aromatic heterocycles. The molecule has 0 radical (unpaired) electrons. The third-order valence-electron chi connectivity index (χ3n) is 2.91. The molecule has 1 heterocycles. The van der Waals surface area contributed by atoms with Crippen LogP contribution >= 0.6 is 34.8 Å². The number of benzene rings is 2. The van der Waals surface area contributed by atoms with Crippen LogP contribution in [0.25, 0.3) is 0 Å². The van der Waals surface area contributed by atoms with Crippen LogP contribution in [-0.2, 0) is 4.74 Å². The summed E-state index contributed by atoms with van der Waals surface area (Å²) in [6.45, 7) is 0. The van der Waals surface area contributed by atoms with Gasteiger partial charge in [-0.05, 0) is 24.3 Å². The molecule has 0 aliphatic carbocycles. The molecule has 0 spiro atoms. The summed E-state index contributed by atoms with van der Waals surface area (Å²) in [4.78, 5) is 0. The Hall–Kier alpha value is -0.930. The van der Waals surface area contributed by atoms with Crippen molar-refractivity contribution in [3.05, 3.63) is 63.1 Å². The Morgan fingerprint density at radius 3 is 2.58 bits per heavy atom. The SMILES string of the molecule is Clc1cccc(NC2OC2c2cccc(Cl)c2Cl)c1. The van der Waals surface area contributed by atoms with Crippen LogP contribution in [0.1, 0.15) is 11.7 Å². The van der Waals surface area contributed by atoms with E-state index in [1.165, 1.54) is 0 Å². The lowest BCUT2D eigenvalue weighted by Crippen LogP contribution is -2.04. The van der Waals surface area contributed by atoms with Gasteiger partial charge in [0.2, 0.25) is 0 Å². The third-order valence-corrected chi connectivity index (χ3v) is 3.98. The fourth-order valence-electron chi connectivity index (χ4n) is 1.94. The maximum absolute atomic E-state index is 6.16. The number of anilines is 1. The van der Waals surface area contributed by atoms with Crippen molar-refractivity contribution in [1.29, 1.82) is 0 Å². The van der Waals surface area contributed by atoms with E-state index in [4.69, 9.17) is 39.5 Å². The fraction of sp³-hybridized carbons (Fsp3) is 0.143. The summed E-state index contributed by atoms with van der Waals surface area (Å²) in [5.41, 5.74) is 1.81. The smallest absolute Gasteiger partial charge is 0.159 e. The first-order valence-electron chi connectivity index (χ1n) is 5.76. The van der Waals surface area contributed by atoms with Crippen molar-refractivity contribution >= 4 is 40.5 Å². The third kappa shape index (κ3) is 2.82. The molecular formula is C14H10Cl3NO. The summed E-state index contributed by atoms with van der Waals surface area (Å²) < 4.78 is 5.59. The molecule has 3 rings (SSSR count). The topological polar surface area (TPSA) is 24.6 Å². The van der Waals surface area contributed by atoms with Crippen molar-refractivity contribution in [2.45, 2.75) is 12.3 Å². The molecule has 1 fully saturated rings. The first kappa shape index (κ1) is 13.1. The molecule has 5 heteroatoms. The van der Waals surface area contributed by atoms with E-state index in [2.05, 4.69) is 5.32 Å². The second-order valence-electron chi connectivity index (χ2n) is 4.28. The second kappa shape index (κ2) is 5.22. The van der Waals surface area contributed by atoms with Gasteiger partial charge in [0.05, 0.1) is 10.0 Å². The van der Waals surface area contributed by atoms with Gasteiger partial charge in [0.1, 0.15) is 6.10 Å². The highest BCUT2D eigenvalue weighted by Crippen LogP contribution is 2.43. The Kier molecular flexibility index (Phi) is 3.59. The summed E-state index contributed by atoms with van der Waals surface area (Å²) in [6, 6.07) is 13.0. The lowest BCUT2D eigenvalue weighted by Gasteiger charge is -2.04. The first-order chi connectivity index (χ1) is 9.15. The quantitative estimate of drug-likeness (QED) is 0.792. The highest BCUT2D eigenvalue weighted by molar-refractivity contribution is 6.42. The minimum absolute atomic E-state index is 0.0785. The number of hydrogen-bond acceptors (Lipinski definition) is 2. The Balaban J connectivity index is 1.73. The van der Waals surface area contributed by atoms with Gasteiger partial charge in [0, 0.05) is 16.3 Å². The van der Waals surface area contributed by atoms with Crippen LogP contribution in [0.4, 0.5) is 5.69 Å². The average molecular weight is 315 g/mol. The van der Waals surface area contributed by atoms with Crippen molar-refractivity contribution in [2.24, 2.45) is 0 Å². The minimum Gasteiger partial charge on any atom is -0.358 e. The van der Waals surface area contributed by atoms with Crippen molar-refractivity contribution in [3.8, 4) is 0 Å². The van der Waals surface area contributed by atoms with Gasteiger partial charge in [-0.2, -0.15) is 0 Å². The van der Waals surface area contributed by atoms with E-state index in [1.54, 1.807) is 6.07 Å². The number of rotatable bonds is 3. The van der Waals surface area contributed by atoms with Crippen LogP contribution in [0.3, 0.4) is 0 Å². The zero-order valence-electron chi connectivity index (χ0n) is 9.74. The monoisotopic (exact) mass is 313 g/mol. The molecule has 2 nitrogen and oxygen atoms in total. The normalized spacial score (nSPS) is 21.2. The molecule has 1 aliphatic heterocycles. The molecule has 2 aromatic rings. The lowest BCUT2D eigenvalue weighted by molar-refractivity contribution is 0.386. The lowest BCUT2D eigenvalue weighted by atomic mass is 10.1. The summed E-state index contributed by atoms with van der Waals surface area (Å²) in [5, 5.41) is 5.01. The zero-order valence-corrected chi connectivity index (χ0v) is 12.0. The van der Waals surface area contributed by atoms with Gasteiger partial charge < -0.3 is 10.1 Å². The maximum atomic E-state index is 6.16. The Morgan fingerprint density at radius 2 is 1.79 bits per heavy atom. The molecule has 2 unspecified atom stereocenters. The predicted molar refractivity (Wildman–Crippen MR) is 79.2 cm³/mol. The van der Waals surface area contributed by atoms with Crippen LogP contribution in [0.5, 0.6) is 0 Å². The molecule has 0 bridgehead atoms. The fourth-order valence-corrected chi connectivity index (χ4v) is 2.55. The number of ether oxygens (including phenoxy) is 1. The van der Waals surface area contributed by atoms with E-state index in [9.17, 15) is 0 Å². The molecule has 0 saturated carbocycles. The number of epoxide rings is 1. The summed E-state index contributed by atoms with van der Waals surface area (Å²) in [5.74, 6) is 0. The Labute approximate surface area is 126 Å². The van der Waals surface area contributed by atoms with Crippen LogP contribution in [0, 0.1) is 0 Å². The van der Waals surface area contributed by atoms with Crippen molar-refractivity contribution in [3.63, 3.8) is 0 Å². The molecule has 1 N–H and O–H groups in total. The maximum Gasteiger partial charge on any atom is 0.159 e. The van der Waals surface area contributed by atoms with Gasteiger partial charge in [-0.15, -0.1) is 0 Å². The first-order valence-corrected chi connectivity index (χ1v) is 6.90. The molecule has 19 heavy (non-hydrogen) atoms. The summed E-state index contributed by atoms with van der Waals surface area (Å²) in [6.07, 6.45) is -0.181. The van der Waals surface area contributed by atoms with Gasteiger partial charge in [-0.3, -0.25) is 0 Å². The van der Waals surface area contributed by atoms with Gasteiger partial charge in [0.25, 0.3) is 0 Å². The predicted octanol–water partition coefficient (Wildman–Crippen LogP) is 5.16. The van der Waals surface area contributed by atoms with E-state index in [0.29, 0.717) is 15.1 Å². The van der Waals surface area contributed by atoms with E-state index < -0.39 is 0 Å². The standard InChI is InChI=1S/C14H10Cl3NO/c15-8-3-1-4-9(7-8)18-14-13(19-14)10-5-2-6-11(16)12(10)17/h1-7,13-14,18H. The van der Waals surface area contributed by atoms with Gasteiger partial charge >= 0.3 is 0 Å². The number of nitrogens with one attached hydrogen (secondary N) is 1. The van der Waals surface area contributed by atoms with E-state index in [0.717, 1.165) is 11.3 Å². The van der Waals surface area contributed by atoms with Gasteiger partial charge in [0.15, 0.2) is 6.23 Å². The zero-order chi connectivity index (χ0) is 13.4. The van der Waals surface area contributed by atoms with Gasteiger partial charge in [-0.1, -0.05) is 53.0 Å². The molecular weight excluding hydrogens is 305 g/mol. The molecule has 2 atom stereocenters. The number of hydrogen-bond donors (Lipinski definition) is 1. The Bertz CT molecular complexity index is 617.